The Morgan fingerprint density at radius 1 is 1.13 bits per heavy atom. The molecule has 38 heavy (non-hydrogen) atoms. The molecular weight excluding hydrogens is 488 g/mol. The highest BCUT2D eigenvalue weighted by Crippen LogP contribution is 2.35. The molecule has 1 aromatic heterocycles. The van der Waals surface area contributed by atoms with E-state index in [1.54, 1.807) is 23.1 Å². The molecule has 10 heteroatoms. The largest absolute Gasteiger partial charge is 0.486 e. The van der Waals surface area contributed by atoms with Gasteiger partial charge in [-0.3, -0.25) is 9.69 Å². The molecule has 0 saturated carbocycles. The number of likely N-dealkylation sites (tertiary alicyclic amines) is 1. The smallest absolute Gasteiger partial charge is 0.410 e. The molecule has 2 aliphatic rings. The predicted octanol–water partition coefficient (Wildman–Crippen LogP) is 3.67. The quantitative estimate of drug-likeness (QED) is 0.525. The minimum Gasteiger partial charge on any atom is -0.486 e. The number of nitrogens with one attached hydrogen (secondary N) is 1. The molecule has 2 unspecified atom stereocenters. The summed E-state index contributed by atoms with van der Waals surface area (Å²) < 4.78 is 18.9. The van der Waals surface area contributed by atoms with Gasteiger partial charge in [0.2, 0.25) is 0 Å². The Hall–Kier alpha value is -3.79. The third-order valence-corrected chi connectivity index (χ3v) is 6.68. The number of imidazole rings is 1. The number of amides is 2. The second kappa shape index (κ2) is 10.5. The Morgan fingerprint density at radius 3 is 2.66 bits per heavy atom. The molecule has 10 nitrogen and oxygen atoms in total. The van der Waals surface area contributed by atoms with Crippen molar-refractivity contribution in [3.63, 3.8) is 0 Å². The molecule has 0 radical (unpaired) electrons. The fourth-order valence-corrected chi connectivity index (χ4v) is 5.02. The normalized spacial score (nSPS) is 19.3. The van der Waals surface area contributed by atoms with Gasteiger partial charge in [-0.25, -0.2) is 9.78 Å². The summed E-state index contributed by atoms with van der Waals surface area (Å²) in [6.07, 6.45) is 0.581. The fourth-order valence-electron chi connectivity index (χ4n) is 5.02. The predicted molar refractivity (Wildman–Crippen MR) is 140 cm³/mol. The van der Waals surface area contributed by atoms with Crippen LogP contribution in [0.2, 0.25) is 0 Å². The first-order valence-electron chi connectivity index (χ1n) is 13.0. The second-order valence-electron chi connectivity index (χ2n) is 10.6. The van der Waals surface area contributed by atoms with E-state index in [2.05, 4.69) is 5.32 Å². The zero-order valence-electron chi connectivity index (χ0n) is 22.0. The zero-order chi connectivity index (χ0) is 26.9. The van der Waals surface area contributed by atoms with E-state index in [1.807, 2.05) is 49.6 Å². The van der Waals surface area contributed by atoms with E-state index < -0.39 is 17.7 Å². The van der Waals surface area contributed by atoms with Crippen LogP contribution < -0.4 is 14.8 Å². The number of hydrogen-bond acceptors (Lipinski definition) is 7. The maximum Gasteiger partial charge on any atom is 0.410 e. The topological polar surface area (TPSA) is 115 Å². The molecule has 2 N–H and O–H groups in total. The summed E-state index contributed by atoms with van der Waals surface area (Å²) in [5.41, 5.74) is 1.48. The van der Waals surface area contributed by atoms with E-state index in [-0.39, 0.29) is 18.6 Å². The van der Waals surface area contributed by atoms with Crippen LogP contribution in [0.15, 0.2) is 42.5 Å². The van der Waals surface area contributed by atoms with Gasteiger partial charge in [-0.2, -0.15) is 0 Å². The van der Waals surface area contributed by atoms with E-state index in [4.69, 9.17) is 19.2 Å². The van der Waals surface area contributed by atoms with Gasteiger partial charge in [0.25, 0.3) is 5.91 Å². The van der Waals surface area contributed by atoms with Crippen molar-refractivity contribution in [2.45, 2.75) is 57.8 Å². The first-order valence-corrected chi connectivity index (χ1v) is 13.0. The van der Waals surface area contributed by atoms with Gasteiger partial charge in [0.1, 0.15) is 24.6 Å². The Balaban J connectivity index is 1.43. The molecule has 0 spiro atoms. The number of benzene rings is 2. The van der Waals surface area contributed by atoms with Crippen molar-refractivity contribution in [1.29, 1.82) is 0 Å². The minimum absolute atomic E-state index is 0.0726. The van der Waals surface area contributed by atoms with Crippen LogP contribution in [0.25, 0.3) is 11.0 Å². The monoisotopic (exact) mass is 522 g/mol. The highest BCUT2D eigenvalue weighted by atomic mass is 16.6. The van der Waals surface area contributed by atoms with Gasteiger partial charge in [0, 0.05) is 24.7 Å². The van der Waals surface area contributed by atoms with Crippen LogP contribution in [-0.2, 0) is 11.3 Å². The molecule has 0 aliphatic carbocycles. The van der Waals surface area contributed by atoms with E-state index in [1.165, 1.54) is 0 Å². The SMILES string of the molecule is CC(C)(C)OC(=O)N1CCC(NC(=O)c2ccc3c(c2)OCCO3)CC1c1nc2ccccc2n1CCO. The average molecular weight is 523 g/mol. The molecule has 0 bridgehead atoms. The van der Waals surface area contributed by atoms with Crippen LogP contribution in [0.1, 0.15) is 55.8 Å². The molecule has 1 fully saturated rings. The van der Waals surface area contributed by atoms with Crippen molar-refractivity contribution in [3.8, 4) is 11.5 Å². The molecule has 2 atom stereocenters. The molecule has 1 saturated heterocycles. The molecule has 2 aromatic carbocycles. The zero-order valence-corrected chi connectivity index (χ0v) is 22.0. The van der Waals surface area contributed by atoms with Crippen molar-refractivity contribution >= 4 is 23.0 Å². The lowest BCUT2D eigenvalue weighted by Gasteiger charge is -2.40. The van der Waals surface area contributed by atoms with Crippen molar-refractivity contribution in [2.75, 3.05) is 26.4 Å². The van der Waals surface area contributed by atoms with Gasteiger partial charge in [-0.05, 0) is 63.9 Å². The summed E-state index contributed by atoms with van der Waals surface area (Å²) in [5.74, 6) is 1.62. The number of carbonyl (C=O) groups is 2. The van der Waals surface area contributed by atoms with E-state index in [9.17, 15) is 14.7 Å². The van der Waals surface area contributed by atoms with E-state index in [0.29, 0.717) is 62.0 Å². The lowest BCUT2D eigenvalue weighted by atomic mass is 9.96. The van der Waals surface area contributed by atoms with Crippen LogP contribution >= 0.6 is 0 Å². The van der Waals surface area contributed by atoms with Crippen LogP contribution in [0.4, 0.5) is 4.79 Å². The molecule has 202 valence electrons. The molecule has 2 amide bonds. The summed E-state index contributed by atoms with van der Waals surface area (Å²) in [6, 6.07) is 12.2. The highest BCUT2D eigenvalue weighted by Gasteiger charge is 2.38. The number of hydrogen-bond donors (Lipinski definition) is 2. The fraction of sp³-hybridized carbons (Fsp3) is 0.464. The third kappa shape index (κ3) is 5.40. The number of piperidine rings is 1. The van der Waals surface area contributed by atoms with E-state index in [0.717, 1.165) is 11.0 Å². The molecule has 5 rings (SSSR count). The second-order valence-corrected chi connectivity index (χ2v) is 10.6. The summed E-state index contributed by atoms with van der Waals surface area (Å²) >= 11 is 0. The maximum absolute atomic E-state index is 13.3. The van der Waals surface area contributed by atoms with Crippen molar-refractivity contribution in [1.82, 2.24) is 19.8 Å². The first-order chi connectivity index (χ1) is 18.2. The summed E-state index contributed by atoms with van der Waals surface area (Å²) in [6.45, 7) is 7.08. The van der Waals surface area contributed by atoms with Crippen LogP contribution in [0, 0.1) is 0 Å². The Morgan fingerprint density at radius 2 is 1.89 bits per heavy atom. The summed E-state index contributed by atoms with van der Waals surface area (Å²) in [7, 11) is 0. The number of rotatable bonds is 5. The number of fused-ring (bicyclic) bond motifs is 2. The van der Waals surface area contributed by atoms with E-state index >= 15 is 0 Å². The number of para-hydroxylation sites is 2. The number of carbonyl (C=O) groups excluding carboxylic acids is 2. The number of aliphatic hydroxyl groups is 1. The highest BCUT2D eigenvalue weighted by molar-refractivity contribution is 5.95. The van der Waals surface area contributed by atoms with Gasteiger partial charge in [-0.15, -0.1) is 0 Å². The number of aromatic nitrogens is 2. The van der Waals surface area contributed by atoms with Gasteiger partial charge >= 0.3 is 6.09 Å². The molecule has 2 aliphatic heterocycles. The maximum atomic E-state index is 13.3. The lowest BCUT2D eigenvalue weighted by Crippen LogP contribution is -2.50. The third-order valence-electron chi connectivity index (χ3n) is 6.68. The summed E-state index contributed by atoms with van der Waals surface area (Å²) in [5, 5.41) is 12.9. The molecular formula is C28H34N4O6. The standard InChI is InChI=1S/C28H34N4O6/c1-28(2,3)38-27(35)32-11-10-19(29-26(34)18-8-9-23-24(16-18)37-15-14-36-23)17-22(32)25-30-20-6-4-5-7-21(20)31(25)12-13-33/h4-9,16,19,22,33H,10-15,17H2,1-3H3,(H,29,34). The first kappa shape index (κ1) is 25.8. The minimum atomic E-state index is -0.657. The van der Waals surface area contributed by atoms with Gasteiger partial charge < -0.3 is 29.2 Å². The Labute approximate surface area is 221 Å². The van der Waals surface area contributed by atoms with Crippen molar-refractivity contribution in [2.24, 2.45) is 0 Å². The Bertz CT molecular complexity index is 1330. The average Bonchev–Trinajstić information content (AvgIpc) is 3.26. The lowest BCUT2D eigenvalue weighted by molar-refractivity contribution is 0.00521. The van der Waals surface area contributed by atoms with Crippen LogP contribution in [-0.4, -0.2) is 69.6 Å². The number of nitrogens with zero attached hydrogens (tertiary/aromatic N) is 3. The van der Waals surface area contributed by atoms with Gasteiger partial charge in [0.05, 0.1) is 23.7 Å². The van der Waals surface area contributed by atoms with Crippen LogP contribution in [0.3, 0.4) is 0 Å². The van der Waals surface area contributed by atoms with Crippen molar-refractivity contribution in [3.05, 3.63) is 53.9 Å². The summed E-state index contributed by atoms with van der Waals surface area (Å²) in [4.78, 5) is 33.0. The Kier molecular flexibility index (Phi) is 7.16. The number of ether oxygens (including phenoxy) is 3. The van der Waals surface area contributed by atoms with Gasteiger partial charge in [-0.1, -0.05) is 12.1 Å². The van der Waals surface area contributed by atoms with Crippen LogP contribution in [0.5, 0.6) is 11.5 Å². The van der Waals surface area contributed by atoms with Crippen molar-refractivity contribution < 1.29 is 28.9 Å². The molecule has 3 heterocycles. The number of aliphatic hydroxyl groups excluding tert-OH is 1. The van der Waals surface area contributed by atoms with Gasteiger partial charge in [0.15, 0.2) is 11.5 Å². The molecule has 3 aromatic rings.